The molecule has 1 heterocycles. The Morgan fingerprint density at radius 1 is 1.20 bits per heavy atom. The Morgan fingerprint density at radius 3 is 2.36 bits per heavy atom. The van der Waals surface area contributed by atoms with Crippen molar-refractivity contribution >= 4 is 17.6 Å². The number of carbonyl (C=O) groups is 1. The third-order valence-electron chi connectivity index (χ3n) is 3.89. The minimum atomic E-state index is -1.03. The normalized spacial score (nSPS) is 10.4. The number of halogens is 1. The quantitative estimate of drug-likeness (QED) is 0.759. The average Bonchev–Trinajstić information content (AvgIpc) is 3.02. The van der Waals surface area contributed by atoms with Crippen LogP contribution in [0.1, 0.15) is 28.5 Å². The van der Waals surface area contributed by atoms with Crippen LogP contribution in [0.25, 0.3) is 16.9 Å². The Morgan fingerprint density at radius 2 is 1.84 bits per heavy atom. The molecule has 0 aliphatic carbocycles. The van der Waals surface area contributed by atoms with Gasteiger partial charge in [0, 0.05) is 10.6 Å². The van der Waals surface area contributed by atoms with Crippen molar-refractivity contribution in [3.05, 3.63) is 70.4 Å². The highest BCUT2D eigenvalue weighted by molar-refractivity contribution is 6.30. The lowest BCUT2D eigenvalue weighted by Gasteiger charge is -2.06. The van der Waals surface area contributed by atoms with Crippen LogP contribution in [0.4, 0.5) is 0 Å². The molecule has 0 saturated carbocycles. The van der Waals surface area contributed by atoms with E-state index in [1.165, 1.54) is 0 Å². The number of hydrogen-bond donors (Lipinski definition) is 1. The Balaban J connectivity index is 2.22. The molecule has 0 fully saturated rings. The molecular weight excluding hydrogens is 338 g/mol. The third kappa shape index (κ3) is 3.12. The molecule has 1 N–H and O–H groups in total. The van der Waals surface area contributed by atoms with E-state index in [0.29, 0.717) is 34.0 Å². The largest absolute Gasteiger partial charge is 0.478 e. The summed E-state index contributed by atoms with van der Waals surface area (Å²) in [6.45, 7) is 1.89. The van der Waals surface area contributed by atoms with Crippen molar-refractivity contribution in [2.75, 3.05) is 0 Å². The second-order valence-corrected chi connectivity index (χ2v) is 5.84. The smallest absolute Gasteiger partial charge is 0.339 e. The minimum Gasteiger partial charge on any atom is -0.478 e. The highest BCUT2D eigenvalue weighted by atomic mass is 35.5. The molecule has 0 amide bonds. The van der Waals surface area contributed by atoms with E-state index >= 15 is 0 Å². The lowest BCUT2D eigenvalue weighted by atomic mass is 10.0. The topological polar surface area (TPSA) is 78.9 Å². The molecule has 124 valence electrons. The molecule has 6 heteroatoms. The van der Waals surface area contributed by atoms with Crippen LogP contribution < -0.4 is 0 Å². The molecule has 0 bridgehead atoms. The van der Waals surface area contributed by atoms with Crippen LogP contribution in [0, 0.1) is 11.3 Å². The fraction of sp³-hybridized carbons (Fsp3) is 0.105. The number of benzene rings is 2. The molecule has 3 rings (SSSR count). The number of nitrogens with zero attached hydrogens (tertiary/aromatic N) is 3. The van der Waals surface area contributed by atoms with Crippen molar-refractivity contribution in [3.63, 3.8) is 0 Å². The highest BCUT2D eigenvalue weighted by Crippen LogP contribution is 2.29. The molecule has 0 aliphatic heterocycles. The van der Waals surface area contributed by atoms with Crippen LogP contribution in [0.5, 0.6) is 0 Å². The number of aromatic nitrogens is 2. The predicted molar refractivity (Wildman–Crippen MR) is 95.1 cm³/mol. The molecule has 1 aromatic heterocycles. The van der Waals surface area contributed by atoms with E-state index in [4.69, 9.17) is 16.9 Å². The van der Waals surface area contributed by atoms with Gasteiger partial charge in [0.2, 0.25) is 0 Å². The summed E-state index contributed by atoms with van der Waals surface area (Å²) in [5.41, 5.74) is 3.05. The summed E-state index contributed by atoms with van der Waals surface area (Å²) in [5, 5.41) is 23.8. The molecule has 5 nitrogen and oxygen atoms in total. The molecule has 25 heavy (non-hydrogen) atoms. The first-order valence-electron chi connectivity index (χ1n) is 7.66. The van der Waals surface area contributed by atoms with Crippen molar-refractivity contribution in [2.45, 2.75) is 13.3 Å². The van der Waals surface area contributed by atoms with Crippen molar-refractivity contribution in [1.82, 2.24) is 9.78 Å². The van der Waals surface area contributed by atoms with Gasteiger partial charge in [0.15, 0.2) is 0 Å². The maximum absolute atomic E-state index is 11.9. The van der Waals surface area contributed by atoms with E-state index in [9.17, 15) is 9.90 Å². The van der Waals surface area contributed by atoms with Gasteiger partial charge in [-0.05, 0) is 42.8 Å². The van der Waals surface area contributed by atoms with E-state index in [1.54, 1.807) is 53.2 Å². The summed E-state index contributed by atoms with van der Waals surface area (Å²) in [5.74, 6) is -1.03. The third-order valence-corrected chi connectivity index (χ3v) is 4.14. The number of hydrogen-bond acceptors (Lipinski definition) is 3. The van der Waals surface area contributed by atoms with E-state index in [1.807, 2.05) is 13.0 Å². The van der Waals surface area contributed by atoms with Gasteiger partial charge in [-0.3, -0.25) is 0 Å². The van der Waals surface area contributed by atoms with Gasteiger partial charge < -0.3 is 5.11 Å². The van der Waals surface area contributed by atoms with Crippen molar-refractivity contribution in [1.29, 1.82) is 5.26 Å². The zero-order valence-corrected chi connectivity index (χ0v) is 14.2. The van der Waals surface area contributed by atoms with Crippen molar-refractivity contribution in [2.24, 2.45) is 0 Å². The Hall–Kier alpha value is -3.10. The van der Waals surface area contributed by atoms with Crippen molar-refractivity contribution in [3.8, 4) is 23.0 Å². The van der Waals surface area contributed by atoms with E-state index < -0.39 is 5.97 Å². The molecule has 0 aliphatic rings. The predicted octanol–water partition coefficient (Wildman–Crippen LogP) is 4.32. The summed E-state index contributed by atoms with van der Waals surface area (Å²) < 4.78 is 1.63. The molecule has 2 aromatic carbocycles. The lowest BCUT2D eigenvalue weighted by molar-refractivity contribution is 0.0696. The minimum absolute atomic E-state index is 0.169. The Kier molecular flexibility index (Phi) is 4.55. The van der Waals surface area contributed by atoms with Gasteiger partial charge >= 0.3 is 5.97 Å². The Labute approximate surface area is 149 Å². The summed E-state index contributed by atoms with van der Waals surface area (Å²) in [6.07, 6.45) is 0.507. The SMILES string of the molecule is CCc1c(C(=O)O)c(-c2ccc(C#N)cc2)nn1-c1ccc(Cl)cc1. The van der Waals surface area contributed by atoms with Gasteiger partial charge in [0.05, 0.1) is 23.0 Å². The standard InChI is InChI=1S/C19H14ClN3O2/c1-2-16-17(19(24)25)18(13-5-3-12(11-21)4-6-13)22-23(16)15-9-7-14(20)8-10-15/h3-10H,2H2,1H3,(H,24,25). The second-order valence-electron chi connectivity index (χ2n) is 5.41. The van der Waals surface area contributed by atoms with E-state index in [2.05, 4.69) is 5.10 Å². The maximum Gasteiger partial charge on any atom is 0.339 e. The monoisotopic (exact) mass is 351 g/mol. The first-order valence-corrected chi connectivity index (χ1v) is 8.04. The maximum atomic E-state index is 11.9. The van der Waals surface area contributed by atoms with Crippen molar-refractivity contribution < 1.29 is 9.90 Å². The van der Waals surface area contributed by atoms with Gasteiger partial charge in [0.25, 0.3) is 0 Å². The molecule has 0 atom stereocenters. The van der Waals surface area contributed by atoms with Gasteiger partial charge in [-0.2, -0.15) is 10.4 Å². The number of carboxylic acid groups (broad SMARTS) is 1. The van der Waals surface area contributed by atoms with E-state index in [-0.39, 0.29) is 5.56 Å². The Bertz CT molecular complexity index is 968. The summed E-state index contributed by atoms with van der Waals surface area (Å²) in [7, 11) is 0. The first kappa shape index (κ1) is 16.7. The van der Waals surface area contributed by atoms with E-state index in [0.717, 1.165) is 5.69 Å². The fourth-order valence-electron chi connectivity index (χ4n) is 2.70. The average molecular weight is 352 g/mol. The lowest BCUT2D eigenvalue weighted by Crippen LogP contribution is -2.05. The van der Waals surface area contributed by atoms with Crippen LogP contribution in [0.2, 0.25) is 5.02 Å². The number of rotatable bonds is 4. The van der Waals surface area contributed by atoms with Crippen LogP contribution in [-0.2, 0) is 6.42 Å². The van der Waals surface area contributed by atoms with Gasteiger partial charge in [-0.15, -0.1) is 0 Å². The molecular formula is C19H14ClN3O2. The molecule has 0 unspecified atom stereocenters. The number of aromatic carboxylic acids is 1. The summed E-state index contributed by atoms with van der Waals surface area (Å²) in [6, 6.07) is 15.8. The van der Waals surface area contributed by atoms with Gasteiger partial charge in [0.1, 0.15) is 11.3 Å². The molecule has 3 aromatic rings. The zero-order valence-electron chi connectivity index (χ0n) is 13.4. The molecule has 0 radical (unpaired) electrons. The number of nitriles is 1. The van der Waals surface area contributed by atoms with Crippen LogP contribution >= 0.6 is 11.6 Å². The molecule has 0 saturated heterocycles. The van der Waals surface area contributed by atoms with Crippen LogP contribution in [0.3, 0.4) is 0 Å². The highest BCUT2D eigenvalue weighted by Gasteiger charge is 2.24. The summed E-state index contributed by atoms with van der Waals surface area (Å²) in [4.78, 5) is 11.9. The van der Waals surface area contributed by atoms with Crippen LogP contribution in [-0.4, -0.2) is 20.9 Å². The second kappa shape index (κ2) is 6.80. The van der Waals surface area contributed by atoms with Crippen LogP contribution in [0.15, 0.2) is 48.5 Å². The number of carboxylic acids is 1. The van der Waals surface area contributed by atoms with Gasteiger partial charge in [-0.25, -0.2) is 9.48 Å². The molecule has 0 spiro atoms. The first-order chi connectivity index (χ1) is 12.0. The fourth-order valence-corrected chi connectivity index (χ4v) is 2.83. The zero-order chi connectivity index (χ0) is 18.0. The van der Waals surface area contributed by atoms with Gasteiger partial charge in [-0.1, -0.05) is 30.7 Å². The summed E-state index contributed by atoms with van der Waals surface area (Å²) >= 11 is 5.93.